The molecule has 1 aliphatic rings. The molecule has 4 rings (SSSR count). The number of aromatic nitrogens is 4. The van der Waals surface area contributed by atoms with E-state index in [0.29, 0.717) is 35.7 Å². The highest BCUT2D eigenvalue weighted by molar-refractivity contribution is 5.77. The first kappa shape index (κ1) is 18.1. The van der Waals surface area contributed by atoms with Gasteiger partial charge >= 0.3 is 0 Å². The van der Waals surface area contributed by atoms with Gasteiger partial charge in [-0.25, -0.2) is 15.0 Å². The third kappa shape index (κ3) is 3.21. The lowest BCUT2D eigenvalue weighted by molar-refractivity contribution is 0.184. The predicted molar refractivity (Wildman–Crippen MR) is 104 cm³/mol. The van der Waals surface area contributed by atoms with Gasteiger partial charge in [-0.2, -0.15) is 5.26 Å². The number of nitrogens with zero attached hydrogens (tertiary/aromatic N) is 6. The quantitative estimate of drug-likeness (QED) is 0.672. The Bertz CT molecular complexity index is 1090. The molecule has 1 aliphatic heterocycles. The van der Waals surface area contributed by atoms with Crippen molar-refractivity contribution >= 4 is 16.7 Å². The lowest BCUT2D eigenvalue weighted by atomic mass is 10.1. The average Bonchev–Trinajstić information content (AvgIpc) is 3.23. The zero-order valence-electron chi connectivity index (χ0n) is 15.6. The van der Waals surface area contributed by atoms with E-state index in [4.69, 9.17) is 15.0 Å². The highest BCUT2D eigenvalue weighted by atomic mass is 16.5. The summed E-state index contributed by atoms with van der Waals surface area (Å²) in [5, 5.41) is 9.55. The molecule has 28 heavy (non-hydrogen) atoms. The number of rotatable bonds is 5. The van der Waals surface area contributed by atoms with Crippen LogP contribution in [-0.2, 0) is 11.3 Å². The maximum Gasteiger partial charge on any atom is 0.261 e. The van der Waals surface area contributed by atoms with Crippen molar-refractivity contribution in [2.45, 2.75) is 25.4 Å². The number of hydrogen-bond donors (Lipinski definition) is 0. The first-order chi connectivity index (χ1) is 13.7. The van der Waals surface area contributed by atoms with Crippen LogP contribution >= 0.6 is 0 Å². The summed E-state index contributed by atoms with van der Waals surface area (Å²) in [5.41, 5.74) is 0.907. The number of para-hydroxylation sites is 1. The molecule has 0 radical (unpaired) electrons. The first-order valence-electron chi connectivity index (χ1n) is 9.20. The van der Waals surface area contributed by atoms with Gasteiger partial charge in [0, 0.05) is 13.7 Å². The molecule has 8 nitrogen and oxygen atoms in total. The monoisotopic (exact) mass is 376 g/mol. The van der Waals surface area contributed by atoms with E-state index < -0.39 is 0 Å². The van der Waals surface area contributed by atoms with Gasteiger partial charge in [0.15, 0.2) is 5.69 Å². The molecule has 142 valence electrons. The summed E-state index contributed by atoms with van der Waals surface area (Å²) >= 11 is 0. The molecule has 1 saturated heterocycles. The maximum absolute atomic E-state index is 13.1. The van der Waals surface area contributed by atoms with E-state index in [2.05, 4.69) is 14.9 Å². The summed E-state index contributed by atoms with van der Waals surface area (Å²) in [6.07, 6.45) is 4.89. The van der Waals surface area contributed by atoms with Crippen LogP contribution < -0.4 is 10.5 Å². The van der Waals surface area contributed by atoms with E-state index in [1.807, 2.05) is 24.3 Å². The number of ether oxygens (including phenoxy) is 1. The second-order valence-corrected chi connectivity index (χ2v) is 6.66. The van der Waals surface area contributed by atoms with Crippen LogP contribution in [0.2, 0.25) is 0 Å². The fourth-order valence-electron chi connectivity index (χ4n) is 3.67. The van der Waals surface area contributed by atoms with Crippen LogP contribution in [0.4, 0.5) is 5.82 Å². The summed E-state index contributed by atoms with van der Waals surface area (Å²) in [6.45, 7) is 1.65. The summed E-state index contributed by atoms with van der Waals surface area (Å²) in [7, 11) is 1.62. The number of nitriles is 1. The highest BCUT2D eigenvalue weighted by Gasteiger charge is 2.31. The second-order valence-electron chi connectivity index (χ2n) is 6.66. The van der Waals surface area contributed by atoms with Gasteiger partial charge in [0.2, 0.25) is 0 Å². The van der Waals surface area contributed by atoms with E-state index in [1.54, 1.807) is 23.9 Å². The predicted octanol–water partition coefficient (Wildman–Crippen LogP) is 2.05. The van der Waals surface area contributed by atoms with Gasteiger partial charge in [-0.3, -0.25) is 9.36 Å². The summed E-state index contributed by atoms with van der Waals surface area (Å²) in [6, 6.07) is 9.29. The zero-order valence-corrected chi connectivity index (χ0v) is 15.6. The van der Waals surface area contributed by atoms with Crippen LogP contribution in [-0.4, -0.2) is 39.8 Å². The molecule has 1 atom stereocenters. The molecule has 3 heterocycles. The Hall–Kier alpha value is -3.31. The number of methoxy groups -OCH3 is 1. The van der Waals surface area contributed by atoms with Gasteiger partial charge in [0.25, 0.3) is 5.56 Å². The Balaban J connectivity index is 1.81. The second kappa shape index (κ2) is 7.74. The minimum absolute atomic E-state index is 0.0598. The molecule has 0 saturated carbocycles. The van der Waals surface area contributed by atoms with Gasteiger partial charge in [-0.05, 0) is 25.0 Å². The zero-order chi connectivity index (χ0) is 19.5. The van der Waals surface area contributed by atoms with E-state index >= 15 is 0 Å². The molecule has 0 amide bonds. The van der Waals surface area contributed by atoms with Crippen molar-refractivity contribution in [2.75, 3.05) is 25.2 Å². The first-order valence-corrected chi connectivity index (χ1v) is 9.20. The fourth-order valence-corrected chi connectivity index (χ4v) is 3.67. The molecule has 0 spiro atoms. The fraction of sp³-hybridized carbons (Fsp3) is 0.350. The largest absolute Gasteiger partial charge is 0.383 e. The molecule has 0 N–H and O–H groups in total. The topological polar surface area (TPSA) is 96.9 Å². The molecule has 3 aromatic rings. The Labute approximate surface area is 162 Å². The molecule has 1 unspecified atom stereocenters. The normalized spacial score (nSPS) is 16.4. The smallest absolute Gasteiger partial charge is 0.261 e. The van der Waals surface area contributed by atoms with Crippen molar-refractivity contribution in [2.24, 2.45) is 0 Å². The third-order valence-electron chi connectivity index (χ3n) is 5.01. The lowest BCUT2D eigenvalue weighted by Gasteiger charge is -2.27. The van der Waals surface area contributed by atoms with Crippen LogP contribution in [0.5, 0.6) is 0 Å². The molecule has 1 fully saturated rings. The number of fused-ring (bicyclic) bond motifs is 1. The van der Waals surface area contributed by atoms with E-state index in [0.717, 1.165) is 19.4 Å². The van der Waals surface area contributed by atoms with Crippen molar-refractivity contribution in [3.63, 3.8) is 0 Å². The molecule has 8 heteroatoms. The van der Waals surface area contributed by atoms with Gasteiger partial charge in [0.1, 0.15) is 17.7 Å². The Morgan fingerprint density at radius 3 is 2.89 bits per heavy atom. The van der Waals surface area contributed by atoms with E-state index in [9.17, 15) is 4.79 Å². The molecular weight excluding hydrogens is 356 g/mol. The Morgan fingerprint density at radius 2 is 2.14 bits per heavy atom. The maximum atomic E-state index is 13.1. The molecule has 0 bridgehead atoms. The van der Waals surface area contributed by atoms with Crippen molar-refractivity contribution < 1.29 is 4.74 Å². The van der Waals surface area contributed by atoms with Crippen LogP contribution in [0.1, 0.15) is 30.4 Å². The Kier molecular flexibility index (Phi) is 5.00. The number of hydrogen-bond acceptors (Lipinski definition) is 7. The minimum Gasteiger partial charge on any atom is -0.383 e. The number of anilines is 1. The van der Waals surface area contributed by atoms with Crippen molar-refractivity contribution in [1.82, 2.24) is 19.5 Å². The van der Waals surface area contributed by atoms with Gasteiger partial charge in [-0.15, -0.1) is 0 Å². The van der Waals surface area contributed by atoms with Gasteiger partial charge < -0.3 is 9.64 Å². The lowest BCUT2D eigenvalue weighted by Crippen LogP contribution is -2.33. The van der Waals surface area contributed by atoms with Crippen LogP contribution in [0.25, 0.3) is 10.9 Å². The van der Waals surface area contributed by atoms with Crippen molar-refractivity contribution in [3.8, 4) is 6.07 Å². The summed E-state index contributed by atoms with van der Waals surface area (Å²) in [5.74, 6) is 1.40. The van der Waals surface area contributed by atoms with Crippen LogP contribution in [0.15, 0.2) is 41.5 Å². The van der Waals surface area contributed by atoms with Crippen LogP contribution in [0, 0.1) is 11.3 Å². The third-order valence-corrected chi connectivity index (χ3v) is 5.01. The number of benzene rings is 1. The van der Waals surface area contributed by atoms with Crippen LogP contribution in [0.3, 0.4) is 0 Å². The van der Waals surface area contributed by atoms with E-state index in [1.165, 1.54) is 6.20 Å². The van der Waals surface area contributed by atoms with E-state index in [-0.39, 0.29) is 17.3 Å². The Morgan fingerprint density at radius 1 is 1.29 bits per heavy atom. The highest BCUT2D eigenvalue weighted by Crippen LogP contribution is 2.34. The molecular formula is C20H20N6O2. The summed E-state index contributed by atoms with van der Waals surface area (Å²) in [4.78, 5) is 28.6. The molecule has 2 aromatic heterocycles. The van der Waals surface area contributed by atoms with Crippen molar-refractivity contribution in [3.05, 3.63) is 58.5 Å². The standard InChI is InChI=1S/C20H20N6O2/c1-28-10-9-26-19(24-16-6-3-2-5-15(16)20(26)27)17-7-4-8-25(17)18-13-22-14(11-21)12-23-18/h2-3,5-6,12-13,17H,4,7-10H2,1H3. The average molecular weight is 376 g/mol. The van der Waals surface area contributed by atoms with Gasteiger partial charge in [-0.1, -0.05) is 12.1 Å². The minimum atomic E-state index is -0.0867. The van der Waals surface area contributed by atoms with Crippen molar-refractivity contribution in [1.29, 1.82) is 5.26 Å². The molecule has 1 aromatic carbocycles. The molecule has 0 aliphatic carbocycles. The van der Waals surface area contributed by atoms with Gasteiger partial charge in [0.05, 0.1) is 42.5 Å². The summed E-state index contributed by atoms with van der Waals surface area (Å²) < 4.78 is 6.93. The SMILES string of the molecule is COCCn1c(C2CCCN2c2cnc(C#N)cn2)nc2ccccc2c1=O.